The van der Waals surface area contributed by atoms with Crippen molar-refractivity contribution in [3.05, 3.63) is 64.2 Å². The SMILES string of the molecule is COc1ccc(/C=C(\Cl)c2nc3ccccc3c(=O)[nH]2)cc1OC. The van der Waals surface area contributed by atoms with Gasteiger partial charge in [0.1, 0.15) is 0 Å². The number of nitrogens with one attached hydrogen (secondary N) is 1. The Kier molecular flexibility index (Phi) is 4.53. The first-order valence-electron chi connectivity index (χ1n) is 7.21. The second kappa shape index (κ2) is 6.76. The van der Waals surface area contributed by atoms with Gasteiger partial charge in [-0.2, -0.15) is 0 Å². The van der Waals surface area contributed by atoms with Crippen LogP contribution in [0.4, 0.5) is 0 Å². The lowest BCUT2D eigenvalue weighted by Gasteiger charge is -2.08. The summed E-state index contributed by atoms with van der Waals surface area (Å²) in [7, 11) is 3.14. The smallest absolute Gasteiger partial charge is 0.259 e. The van der Waals surface area contributed by atoms with Gasteiger partial charge in [0.15, 0.2) is 17.3 Å². The Morgan fingerprint density at radius 3 is 2.62 bits per heavy atom. The van der Waals surface area contributed by atoms with Gasteiger partial charge in [0, 0.05) is 0 Å². The van der Waals surface area contributed by atoms with E-state index in [1.807, 2.05) is 12.1 Å². The molecule has 0 bridgehead atoms. The molecule has 6 heteroatoms. The maximum atomic E-state index is 12.1. The third kappa shape index (κ3) is 3.12. The van der Waals surface area contributed by atoms with Gasteiger partial charge in [-0.3, -0.25) is 4.79 Å². The fourth-order valence-electron chi connectivity index (χ4n) is 2.36. The lowest BCUT2D eigenvalue weighted by Crippen LogP contribution is -2.10. The van der Waals surface area contributed by atoms with Crippen molar-refractivity contribution in [1.29, 1.82) is 0 Å². The largest absolute Gasteiger partial charge is 0.493 e. The van der Waals surface area contributed by atoms with E-state index in [1.54, 1.807) is 50.6 Å². The number of ether oxygens (including phenoxy) is 2. The zero-order valence-electron chi connectivity index (χ0n) is 13.2. The molecular weight excluding hydrogens is 328 g/mol. The quantitative estimate of drug-likeness (QED) is 0.785. The van der Waals surface area contributed by atoms with Crippen molar-refractivity contribution in [3.8, 4) is 11.5 Å². The molecule has 0 aliphatic carbocycles. The predicted molar refractivity (Wildman–Crippen MR) is 95.6 cm³/mol. The highest BCUT2D eigenvalue weighted by molar-refractivity contribution is 6.50. The second-order valence-corrected chi connectivity index (χ2v) is 5.45. The van der Waals surface area contributed by atoms with E-state index in [9.17, 15) is 4.79 Å². The summed E-state index contributed by atoms with van der Waals surface area (Å²) < 4.78 is 10.5. The first-order valence-corrected chi connectivity index (χ1v) is 7.59. The standard InChI is InChI=1S/C18H15ClN2O3/c1-23-15-8-7-11(10-16(15)24-2)9-13(19)17-20-14-6-4-3-5-12(14)18(22)21-17/h3-10H,1-2H3,(H,20,21,22)/b13-9-. The topological polar surface area (TPSA) is 64.2 Å². The molecule has 5 nitrogen and oxygen atoms in total. The summed E-state index contributed by atoms with van der Waals surface area (Å²) >= 11 is 6.34. The van der Waals surface area contributed by atoms with Crippen LogP contribution in [0.1, 0.15) is 11.4 Å². The minimum atomic E-state index is -0.227. The number of rotatable bonds is 4. The number of methoxy groups -OCH3 is 2. The predicted octanol–water partition coefficient (Wildman–Crippen LogP) is 3.68. The van der Waals surface area contributed by atoms with E-state index in [4.69, 9.17) is 21.1 Å². The van der Waals surface area contributed by atoms with E-state index in [2.05, 4.69) is 9.97 Å². The van der Waals surface area contributed by atoms with E-state index in [0.717, 1.165) is 5.56 Å². The molecule has 24 heavy (non-hydrogen) atoms. The van der Waals surface area contributed by atoms with Crippen LogP contribution >= 0.6 is 11.6 Å². The van der Waals surface area contributed by atoms with Crippen LogP contribution in [-0.4, -0.2) is 24.2 Å². The number of aromatic nitrogens is 2. The molecule has 3 aromatic rings. The van der Waals surface area contributed by atoms with E-state index >= 15 is 0 Å². The monoisotopic (exact) mass is 342 g/mol. The molecule has 2 aromatic carbocycles. The summed E-state index contributed by atoms with van der Waals surface area (Å²) in [6.07, 6.45) is 1.70. The molecular formula is C18H15ClN2O3. The summed E-state index contributed by atoms with van der Waals surface area (Å²) in [5.74, 6) is 1.54. The highest BCUT2D eigenvalue weighted by Crippen LogP contribution is 2.29. The van der Waals surface area contributed by atoms with E-state index in [-0.39, 0.29) is 5.56 Å². The molecule has 0 spiro atoms. The van der Waals surface area contributed by atoms with Crippen molar-refractivity contribution < 1.29 is 9.47 Å². The molecule has 122 valence electrons. The molecule has 0 fully saturated rings. The number of H-pyrrole nitrogens is 1. The van der Waals surface area contributed by atoms with Gasteiger partial charge in [0.2, 0.25) is 0 Å². The van der Waals surface area contributed by atoms with E-state index in [1.165, 1.54) is 0 Å². The average molecular weight is 343 g/mol. The van der Waals surface area contributed by atoms with Crippen molar-refractivity contribution in [2.24, 2.45) is 0 Å². The van der Waals surface area contributed by atoms with Crippen molar-refractivity contribution >= 4 is 33.6 Å². The summed E-state index contributed by atoms with van der Waals surface area (Å²) in [5, 5.41) is 0.849. The van der Waals surface area contributed by atoms with Crippen LogP contribution in [0.3, 0.4) is 0 Å². The van der Waals surface area contributed by atoms with Gasteiger partial charge in [0.05, 0.1) is 30.2 Å². The molecule has 1 aromatic heterocycles. The van der Waals surface area contributed by atoms with Crippen LogP contribution < -0.4 is 15.0 Å². The number of benzene rings is 2. The highest BCUT2D eigenvalue weighted by Gasteiger charge is 2.08. The Balaban J connectivity index is 2.04. The van der Waals surface area contributed by atoms with E-state index < -0.39 is 0 Å². The number of fused-ring (bicyclic) bond motifs is 1. The molecule has 0 saturated carbocycles. The number of hydrogen-bond donors (Lipinski definition) is 1. The lowest BCUT2D eigenvalue weighted by molar-refractivity contribution is 0.355. The molecule has 0 atom stereocenters. The van der Waals surface area contributed by atoms with Crippen LogP contribution in [0.5, 0.6) is 11.5 Å². The Morgan fingerprint density at radius 2 is 1.88 bits per heavy atom. The Bertz CT molecular complexity index is 979. The van der Waals surface area contributed by atoms with Crippen LogP contribution in [-0.2, 0) is 0 Å². The normalized spacial score (nSPS) is 11.5. The fourth-order valence-corrected chi connectivity index (χ4v) is 2.57. The van der Waals surface area contributed by atoms with Crippen molar-refractivity contribution in [2.75, 3.05) is 14.2 Å². The Labute approximate surface area is 143 Å². The number of hydrogen-bond acceptors (Lipinski definition) is 4. The van der Waals surface area contributed by atoms with Gasteiger partial charge in [-0.1, -0.05) is 29.8 Å². The number of nitrogens with zero attached hydrogens (tertiary/aromatic N) is 1. The minimum absolute atomic E-state index is 0.227. The summed E-state index contributed by atoms with van der Waals surface area (Å²) in [5.41, 5.74) is 1.16. The molecule has 0 aliphatic heterocycles. The lowest BCUT2D eigenvalue weighted by atomic mass is 10.2. The first-order chi connectivity index (χ1) is 11.6. The molecule has 1 heterocycles. The molecule has 0 unspecified atom stereocenters. The van der Waals surface area contributed by atoms with Gasteiger partial charge in [-0.25, -0.2) is 4.98 Å². The van der Waals surface area contributed by atoms with E-state index in [0.29, 0.717) is 33.3 Å². The van der Waals surface area contributed by atoms with Gasteiger partial charge in [-0.15, -0.1) is 0 Å². The van der Waals surface area contributed by atoms with Gasteiger partial charge in [-0.05, 0) is 35.9 Å². The number of para-hydroxylation sites is 1. The maximum absolute atomic E-state index is 12.1. The second-order valence-electron chi connectivity index (χ2n) is 5.04. The van der Waals surface area contributed by atoms with Gasteiger partial charge < -0.3 is 14.5 Å². The van der Waals surface area contributed by atoms with Crippen LogP contribution in [0.15, 0.2) is 47.3 Å². The number of aromatic amines is 1. The molecule has 3 rings (SSSR count). The Morgan fingerprint density at radius 1 is 1.12 bits per heavy atom. The first kappa shape index (κ1) is 16.1. The fraction of sp³-hybridized carbons (Fsp3) is 0.111. The third-order valence-corrected chi connectivity index (χ3v) is 3.83. The minimum Gasteiger partial charge on any atom is -0.493 e. The average Bonchev–Trinajstić information content (AvgIpc) is 2.61. The molecule has 0 radical (unpaired) electrons. The van der Waals surface area contributed by atoms with Crippen LogP contribution in [0.25, 0.3) is 22.0 Å². The molecule has 1 N–H and O–H groups in total. The van der Waals surface area contributed by atoms with Crippen molar-refractivity contribution in [2.45, 2.75) is 0 Å². The molecule has 0 aliphatic rings. The zero-order valence-corrected chi connectivity index (χ0v) is 13.9. The molecule has 0 amide bonds. The third-order valence-electron chi connectivity index (χ3n) is 3.54. The molecule has 0 saturated heterocycles. The summed E-state index contributed by atoms with van der Waals surface area (Å²) in [4.78, 5) is 19.2. The van der Waals surface area contributed by atoms with Gasteiger partial charge >= 0.3 is 0 Å². The van der Waals surface area contributed by atoms with Crippen LogP contribution in [0, 0.1) is 0 Å². The number of halogens is 1. The van der Waals surface area contributed by atoms with Gasteiger partial charge in [0.25, 0.3) is 5.56 Å². The Hall–Kier alpha value is -2.79. The summed E-state index contributed by atoms with van der Waals surface area (Å²) in [6, 6.07) is 12.5. The zero-order chi connectivity index (χ0) is 17.1. The summed E-state index contributed by atoms with van der Waals surface area (Å²) in [6.45, 7) is 0. The van der Waals surface area contributed by atoms with Crippen molar-refractivity contribution in [1.82, 2.24) is 9.97 Å². The maximum Gasteiger partial charge on any atom is 0.259 e. The van der Waals surface area contributed by atoms with Crippen molar-refractivity contribution in [3.63, 3.8) is 0 Å². The van der Waals surface area contributed by atoms with Crippen LogP contribution in [0.2, 0.25) is 0 Å². The highest BCUT2D eigenvalue weighted by atomic mass is 35.5.